The molecule has 3 rings (SSSR count). The van der Waals surface area contributed by atoms with Crippen LogP contribution in [0.25, 0.3) is 0 Å². The van der Waals surface area contributed by atoms with Crippen molar-refractivity contribution in [2.75, 3.05) is 26.3 Å². The predicted octanol–water partition coefficient (Wildman–Crippen LogP) is 1.14. The third kappa shape index (κ3) is 3.26. The van der Waals surface area contributed by atoms with Crippen LogP contribution in [-0.2, 0) is 10.0 Å². The van der Waals surface area contributed by atoms with Crippen LogP contribution in [0.15, 0.2) is 17.0 Å². The zero-order valence-corrected chi connectivity index (χ0v) is 13.0. The summed E-state index contributed by atoms with van der Waals surface area (Å²) in [7, 11) is -3.67. The van der Waals surface area contributed by atoms with Crippen LogP contribution in [0.3, 0.4) is 0 Å². The van der Waals surface area contributed by atoms with Crippen LogP contribution in [0.5, 0.6) is 11.5 Å². The van der Waals surface area contributed by atoms with Crippen LogP contribution in [0.2, 0.25) is 5.02 Å². The molecule has 1 aromatic carbocycles. The third-order valence-electron chi connectivity index (χ3n) is 3.57. The molecule has 2 N–H and O–H groups in total. The molecule has 0 saturated carbocycles. The van der Waals surface area contributed by atoms with Gasteiger partial charge in [0.1, 0.15) is 18.1 Å². The molecule has 8 heteroatoms. The first-order chi connectivity index (χ1) is 10.1. The lowest BCUT2D eigenvalue weighted by molar-refractivity contribution is 0.171. The average Bonchev–Trinajstić information content (AvgIpc) is 2.98. The topological polar surface area (TPSA) is 76.7 Å². The van der Waals surface area contributed by atoms with E-state index < -0.39 is 10.0 Å². The lowest BCUT2D eigenvalue weighted by Crippen LogP contribution is -2.37. The van der Waals surface area contributed by atoms with Gasteiger partial charge in [-0.2, -0.15) is 0 Å². The van der Waals surface area contributed by atoms with Gasteiger partial charge >= 0.3 is 0 Å². The van der Waals surface area contributed by atoms with Crippen molar-refractivity contribution in [1.82, 2.24) is 10.0 Å². The second kappa shape index (κ2) is 6.00. The first-order valence-corrected chi connectivity index (χ1v) is 8.74. The zero-order valence-electron chi connectivity index (χ0n) is 11.4. The zero-order chi connectivity index (χ0) is 14.9. The van der Waals surface area contributed by atoms with Crippen LogP contribution in [-0.4, -0.2) is 40.8 Å². The van der Waals surface area contributed by atoms with Gasteiger partial charge in [0, 0.05) is 24.7 Å². The van der Waals surface area contributed by atoms with Gasteiger partial charge in [-0.05, 0) is 19.4 Å². The summed E-state index contributed by atoms with van der Waals surface area (Å²) in [6.07, 6.45) is 2.04. The first-order valence-electron chi connectivity index (χ1n) is 6.88. The highest BCUT2D eigenvalue weighted by atomic mass is 35.5. The van der Waals surface area contributed by atoms with Gasteiger partial charge in [-0.15, -0.1) is 0 Å². The lowest BCUT2D eigenvalue weighted by atomic mass is 10.2. The van der Waals surface area contributed by atoms with Crippen molar-refractivity contribution in [2.24, 2.45) is 0 Å². The summed E-state index contributed by atoms with van der Waals surface area (Å²) in [5, 5.41) is 3.37. The highest BCUT2D eigenvalue weighted by Gasteiger charge is 2.24. The number of benzene rings is 1. The van der Waals surface area contributed by atoms with E-state index in [2.05, 4.69) is 10.0 Å². The van der Waals surface area contributed by atoms with E-state index in [-0.39, 0.29) is 16.0 Å². The minimum absolute atomic E-state index is 0.0198. The van der Waals surface area contributed by atoms with E-state index in [0.717, 1.165) is 19.4 Å². The maximum atomic E-state index is 12.4. The van der Waals surface area contributed by atoms with Crippen molar-refractivity contribution < 1.29 is 17.9 Å². The van der Waals surface area contributed by atoms with Gasteiger partial charge in [-0.25, -0.2) is 13.1 Å². The summed E-state index contributed by atoms with van der Waals surface area (Å²) in [4.78, 5) is 0.0198. The molecule has 2 heterocycles. The second-order valence-corrected chi connectivity index (χ2v) is 7.21. The number of hydrogen-bond acceptors (Lipinski definition) is 5. The lowest BCUT2D eigenvalue weighted by Gasteiger charge is -2.20. The van der Waals surface area contributed by atoms with E-state index in [9.17, 15) is 8.42 Å². The quantitative estimate of drug-likeness (QED) is 0.864. The molecule has 1 aromatic rings. The Morgan fingerprint density at radius 3 is 2.67 bits per heavy atom. The van der Waals surface area contributed by atoms with Crippen LogP contribution < -0.4 is 19.5 Å². The number of ether oxygens (including phenoxy) is 2. The summed E-state index contributed by atoms with van der Waals surface area (Å²) in [6, 6.07) is 3.08. The molecule has 0 spiro atoms. The third-order valence-corrected chi connectivity index (χ3v) is 5.46. The van der Waals surface area contributed by atoms with Crippen molar-refractivity contribution in [2.45, 2.75) is 23.8 Å². The van der Waals surface area contributed by atoms with Crippen LogP contribution >= 0.6 is 11.6 Å². The number of fused-ring (bicyclic) bond motifs is 1. The minimum Gasteiger partial charge on any atom is -0.486 e. The molecule has 21 heavy (non-hydrogen) atoms. The Balaban J connectivity index is 1.80. The molecule has 1 fully saturated rings. The molecule has 0 bridgehead atoms. The fourth-order valence-electron chi connectivity index (χ4n) is 2.47. The molecule has 1 atom stereocenters. The van der Waals surface area contributed by atoms with Crippen molar-refractivity contribution in [3.8, 4) is 11.5 Å². The fraction of sp³-hybridized carbons (Fsp3) is 0.538. The van der Waals surface area contributed by atoms with Crippen LogP contribution in [0.4, 0.5) is 0 Å². The Morgan fingerprint density at radius 2 is 2.00 bits per heavy atom. The largest absolute Gasteiger partial charge is 0.486 e. The standard InChI is InChI=1S/C13H17ClN2O4S/c14-10-6-11-12(20-5-4-19-11)7-13(10)21(17,18)16-8-9-2-1-3-15-9/h6-7,9,15-16H,1-5,8H2. The summed E-state index contributed by atoms with van der Waals surface area (Å²) >= 11 is 6.07. The van der Waals surface area contributed by atoms with Gasteiger partial charge in [0.25, 0.3) is 0 Å². The van der Waals surface area contributed by atoms with Gasteiger partial charge in [0.05, 0.1) is 5.02 Å². The minimum atomic E-state index is -3.67. The molecular formula is C13H17ClN2O4S. The smallest absolute Gasteiger partial charge is 0.242 e. The van der Waals surface area contributed by atoms with Crippen molar-refractivity contribution in [1.29, 1.82) is 0 Å². The molecule has 0 amide bonds. The normalized spacial score (nSPS) is 21.5. The van der Waals surface area contributed by atoms with Crippen LogP contribution in [0, 0.1) is 0 Å². The Hall–Kier alpha value is -1.02. The number of nitrogens with one attached hydrogen (secondary N) is 2. The highest BCUT2D eigenvalue weighted by molar-refractivity contribution is 7.89. The van der Waals surface area contributed by atoms with Gasteiger partial charge in [-0.1, -0.05) is 11.6 Å². The van der Waals surface area contributed by atoms with E-state index in [0.29, 0.717) is 31.3 Å². The van der Waals surface area contributed by atoms with Crippen molar-refractivity contribution in [3.05, 3.63) is 17.2 Å². The Bertz CT molecular complexity index is 629. The SMILES string of the molecule is O=S(=O)(NCC1CCCN1)c1cc2c(cc1Cl)OCCO2. The molecule has 2 aliphatic heterocycles. The molecular weight excluding hydrogens is 316 g/mol. The van der Waals surface area contributed by atoms with Crippen molar-refractivity contribution >= 4 is 21.6 Å². The molecule has 1 unspecified atom stereocenters. The number of hydrogen-bond donors (Lipinski definition) is 2. The summed E-state index contributed by atoms with van der Waals surface area (Å²) in [5.41, 5.74) is 0. The van der Waals surface area contributed by atoms with Crippen molar-refractivity contribution in [3.63, 3.8) is 0 Å². The van der Waals surface area contributed by atoms with Crippen LogP contribution in [0.1, 0.15) is 12.8 Å². The first kappa shape index (κ1) is 14.9. The number of sulfonamides is 1. The maximum Gasteiger partial charge on any atom is 0.242 e. The summed E-state index contributed by atoms with van der Waals surface area (Å²) < 4.78 is 38.1. The van der Waals surface area contributed by atoms with Gasteiger partial charge in [0.2, 0.25) is 10.0 Å². The predicted molar refractivity (Wildman–Crippen MR) is 78.7 cm³/mol. The van der Waals surface area contributed by atoms with Gasteiger partial charge < -0.3 is 14.8 Å². The Labute approximate surface area is 128 Å². The molecule has 116 valence electrons. The summed E-state index contributed by atoms with van der Waals surface area (Å²) in [5.74, 6) is 0.882. The van der Waals surface area contributed by atoms with E-state index in [1.165, 1.54) is 12.1 Å². The highest BCUT2D eigenvalue weighted by Crippen LogP contribution is 2.37. The van der Waals surface area contributed by atoms with Gasteiger partial charge in [-0.3, -0.25) is 0 Å². The monoisotopic (exact) mass is 332 g/mol. The Morgan fingerprint density at radius 1 is 1.29 bits per heavy atom. The summed E-state index contributed by atoms with van der Waals surface area (Å²) in [6.45, 7) is 2.11. The van der Waals surface area contributed by atoms with E-state index in [1.54, 1.807) is 0 Å². The molecule has 6 nitrogen and oxygen atoms in total. The number of rotatable bonds is 4. The van der Waals surface area contributed by atoms with E-state index >= 15 is 0 Å². The molecule has 0 aromatic heterocycles. The van der Waals surface area contributed by atoms with E-state index in [1.807, 2.05) is 0 Å². The fourth-order valence-corrected chi connectivity index (χ4v) is 4.08. The molecule has 0 aliphatic carbocycles. The van der Waals surface area contributed by atoms with Gasteiger partial charge in [0.15, 0.2) is 11.5 Å². The molecule has 0 radical (unpaired) electrons. The Kier molecular flexibility index (Phi) is 4.26. The molecule has 1 saturated heterocycles. The van der Waals surface area contributed by atoms with E-state index in [4.69, 9.17) is 21.1 Å². The second-order valence-electron chi connectivity index (χ2n) is 5.07. The number of halogens is 1. The maximum absolute atomic E-state index is 12.4. The molecule has 2 aliphatic rings. The average molecular weight is 333 g/mol.